The van der Waals surface area contributed by atoms with Crippen molar-refractivity contribution in [1.29, 1.82) is 0 Å². The SMILES string of the molecule is CCN1CCCC1C1CCCN1C(=O)c1cc2nc(C)ccc2o1. The minimum Gasteiger partial charge on any atom is -0.449 e. The summed E-state index contributed by atoms with van der Waals surface area (Å²) in [6.07, 6.45) is 4.63. The van der Waals surface area contributed by atoms with E-state index >= 15 is 0 Å². The molecule has 2 unspecified atom stereocenters. The van der Waals surface area contributed by atoms with Gasteiger partial charge in [-0.2, -0.15) is 0 Å². The van der Waals surface area contributed by atoms with E-state index in [0.717, 1.165) is 43.7 Å². The zero-order valence-electron chi connectivity index (χ0n) is 14.5. The molecule has 2 aliphatic heterocycles. The van der Waals surface area contributed by atoms with Crippen LogP contribution in [0.3, 0.4) is 0 Å². The molecule has 5 heteroatoms. The van der Waals surface area contributed by atoms with Crippen LogP contribution in [0.4, 0.5) is 0 Å². The van der Waals surface area contributed by atoms with Gasteiger partial charge in [0, 0.05) is 30.4 Å². The first-order valence-electron chi connectivity index (χ1n) is 9.09. The lowest BCUT2D eigenvalue weighted by Crippen LogP contribution is -2.48. The molecule has 24 heavy (non-hydrogen) atoms. The zero-order valence-corrected chi connectivity index (χ0v) is 14.5. The minimum absolute atomic E-state index is 0.0242. The number of carbonyl (C=O) groups excluding carboxylic acids is 1. The molecule has 2 atom stereocenters. The number of hydrogen-bond acceptors (Lipinski definition) is 4. The average molecular weight is 327 g/mol. The van der Waals surface area contributed by atoms with Crippen molar-refractivity contribution in [3.63, 3.8) is 0 Å². The highest BCUT2D eigenvalue weighted by molar-refractivity contribution is 5.95. The highest BCUT2D eigenvalue weighted by atomic mass is 16.3. The number of rotatable bonds is 3. The van der Waals surface area contributed by atoms with E-state index in [1.165, 1.54) is 12.8 Å². The van der Waals surface area contributed by atoms with E-state index in [1.807, 2.05) is 24.0 Å². The Bertz CT molecular complexity index is 754. The van der Waals surface area contributed by atoms with Gasteiger partial charge in [0.2, 0.25) is 0 Å². The third kappa shape index (κ3) is 2.61. The number of aryl methyl sites for hydroxylation is 1. The van der Waals surface area contributed by atoms with Crippen LogP contribution in [0.25, 0.3) is 11.1 Å². The van der Waals surface area contributed by atoms with E-state index in [9.17, 15) is 4.79 Å². The van der Waals surface area contributed by atoms with E-state index in [4.69, 9.17) is 4.42 Å². The second-order valence-electron chi connectivity index (χ2n) is 6.99. The first kappa shape index (κ1) is 15.6. The molecular formula is C19H25N3O2. The van der Waals surface area contributed by atoms with Crippen LogP contribution < -0.4 is 0 Å². The molecule has 0 aromatic carbocycles. The molecule has 5 nitrogen and oxygen atoms in total. The van der Waals surface area contributed by atoms with Crippen LogP contribution >= 0.6 is 0 Å². The fraction of sp³-hybridized carbons (Fsp3) is 0.579. The first-order chi connectivity index (χ1) is 11.7. The third-order valence-electron chi connectivity index (χ3n) is 5.55. The van der Waals surface area contributed by atoms with Gasteiger partial charge in [0.15, 0.2) is 11.3 Å². The summed E-state index contributed by atoms with van der Waals surface area (Å²) in [5, 5.41) is 0. The maximum absolute atomic E-state index is 13.0. The van der Waals surface area contributed by atoms with E-state index in [0.29, 0.717) is 23.4 Å². The molecule has 4 heterocycles. The maximum Gasteiger partial charge on any atom is 0.289 e. The number of furan rings is 1. The Morgan fingerprint density at radius 2 is 2.04 bits per heavy atom. The largest absolute Gasteiger partial charge is 0.449 e. The number of fused-ring (bicyclic) bond motifs is 1. The Labute approximate surface area is 142 Å². The van der Waals surface area contributed by atoms with Crippen LogP contribution in [0.2, 0.25) is 0 Å². The van der Waals surface area contributed by atoms with Crippen LogP contribution in [0.15, 0.2) is 22.6 Å². The summed E-state index contributed by atoms with van der Waals surface area (Å²) in [6.45, 7) is 7.22. The van der Waals surface area contributed by atoms with Crippen molar-refractivity contribution in [3.8, 4) is 0 Å². The molecule has 1 amide bonds. The monoisotopic (exact) mass is 327 g/mol. The van der Waals surface area contributed by atoms with Gasteiger partial charge in [0.25, 0.3) is 5.91 Å². The normalized spacial score (nSPS) is 25.0. The van der Waals surface area contributed by atoms with Gasteiger partial charge >= 0.3 is 0 Å². The van der Waals surface area contributed by atoms with E-state index in [2.05, 4.69) is 16.8 Å². The number of carbonyl (C=O) groups is 1. The molecule has 2 aromatic rings. The maximum atomic E-state index is 13.0. The van der Waals surface area contributed by atoms with Crippen molar-refractivity contribution in [2.75, 3.05) is 19.6 Å². The smallest absolute Gasteiger partial charge is 0.289 e. The third-order valence-corrected chi connectivity index (χ3v) is 5.55. The number of amides is 1. The quantitative estimate of drug-likeness (QED) is 0.868. The molecule has 2 fully saturated rings. The summed E-state index contributed by atoms with van der Waals surface area (Å²) in [5.74, 6) is 0.451. The molecule has 0 aliphatic carbocycles. The Morgan fingerprint density at radius 1 is 1.25 bits per heavy atom. The van der Waals surface area contributed by atoms with Gasteiger partial charge < -0.3 is 9.32 Å². The van der Waals surface area contributed by atoms with Crippen molar-refractivity contribution in [2.45, 2.75) is 51.6 Å². The van der Waals surface area contributed by atoms with Gasteiger partial charge in [-0.15, -0.1) is 0 Å². The fourth-order valence-electron chi connectivity index (χ4n) is 4.40. The lowest BCUT2D eigenvalue weighted by molar-refractivity contribution is 0.0621. The Morgan fingerprint density at radius 3 is 2.88 bits per heavy atom. The lowest BCUT2D eigenvalue weighted by Gasteiger charge is -2.34. The van der Waals surface area contributed by atoms with E-state index < -0.39 is 0 Å². The van der Waals surface area contributed by atoms with Crippen molar-refractivity contribution in [1.82, 2.24) is 14.8 Å². The molecule has 4 rings (SSSR count). The molecular weight excluding hydrogens is 302 g/mol. The number of likely N-dealkylation sites (N-methyl/N-ethyl adjacent to an activating group) is 1. The predicted octanol–water partition coefficient (Wildman–Crippen LogP) is 3.23. The van der Waals surface area contributed by atoms with Crippen molar-refractivity contribution >= 4 is 17.0 Å². The van der Waals surface area contributed by atoms with Crippen LogP contribution in [-0.2, 0) is 0 Å². The molecule has 0 N–H and O–H groups in total. The van der Waals surface area contributed by atoms with Crippen LogP contribution in [0, 0.1) is 6.92 Å². The van der Waals surface area contributed by atoms with Crippen molar-refractivity contribution in [2.24, 2.45) is 0 Å². The molecule has 128 valence electrons. The molecule has 2 aromatic heterocycles. The van der Waals surface area contributed by atoms with Gasteiger partial charge in [0.05, 0.1) is 0 Å². The number of pyridine rings is 1. The number of aromatic nitrogens is 1. The zero-order chi connectivity index (χ0) is 16.7. The number of nitrogens with zero attached hydrogens (tertiary/aromatic N) is 3. The van der Waals surface area contributed by atoms with Gasteiger partial charge in [-0.05, 0) is 57.8 Å². The van der Waals surface area contributed by atoms with E-state index in [1.54, 1.807) is 6.07 Å². The number of likely N-dealkylation sites (tertiary alicyclic amines) is 2. The molecule has 0 saturated carbocycles. The summed E-state index contributed by atoms with van der Waals surface area (Å²) >= 11 is 0. The highest BCUT2D eigenvalue weighted by Gasteiger charge is 2.40. The van der Waals surface area contributed by atoms with Gasteiger partial charge in [0.1, 0.15) is 5.52 Å². The summed E-state index contributed by atoms with van der Waals surface area (Å²) in [7, 11) is 0. The van der Waals surface area contributed by atoms with Crippen LogP contribution in [-0.4, -0.2) is 52.4 Å². The van der Waals surface area contributed by atoms with E-state index in [-0.39, 0.29) is 5.91 Å². The van der Waals surface area contributed by atoms with Gasteiger partial charge in [-0.1, -0.05) is 6.92 Å². The molecule has 0 radical (unpaired) electrons. The summed E-state index contributed by atoms with van der Waals surface area (Å²) in [4.78, 5) is 22.1. The highest BCUT2D eigenvalue weighted by Crippen LogP contribution is 2.31. The second kappa shape index (κ2) is 6.20. The molecule has 0 bridgehead atoms. The molecule has 2 saturated heterocycles. The van der Waals surface area contributed by atoms with Gasteiger partial charge in [-0.25, -0.2) is 4.98 Å². The summed E-state index contributed by atoms with van der Waals surface area (Å²) < 4.78 is 5.79. The molecule has 2 aliphatic rings. The minimum atomic E-state index is 0.0242. The lowest BCUT2D eigenvalue weighted by atomic mass is 10.0. The van der Waals surface area contributed by atoms with Crippen molar-refractivity contribution < 1.29 is 9.21 Å². The Kier molecular flexibility index (Phi) is 4.04. The Hall–Kier alpha value is -1.88. The van der Waals surface area contributed by atoms with Crippen LogP contribution in [0.5, 0.6) is 0 Å². The van der Waals surface area contributed by atoms with Gasteiger partial charge in [-0.3, -0.25) is 9.69 Å². The fourth-order valence-corrected chi connectivity index (χ4v) is 4.40. The standard InChI is InChI=1S/C19H25N3O2/c1-3-21-10-4-6-15(21)16-7-5-11-22(16)19(23)18-12-14-17(24-18)9-8-13(2)20-14/h8-9,12,15-16H,3-7,10-11H2,1-2H3. The predicted molar refractivity (Wildman–Crippen MR) is 93.1 cm³/mol. The van der Waals surface area contributed by atoms with Crippen LogP contribution in [0.1, 0.15) is 48.9 Å². The Balaban J connectivity index is 1.60. The topological polar surface area (TPSA) is 49.6 Å². The second-order valence-corrected chi connectivity index (χ2v) is 6.99. The average Bonchev–Trinajstić information content (AvgIpc) is 3.30. The molecule has 0 spiro atoms. The number of hydrogen-bond donors (Lipinski definition) is 0. The first-order valence-corrected chi connectivity index (χ1v) is 9.09. The summed E-state index contributed by atoms with van der Waals surface area (Å²) in [6, 6.07) is 6.43. The van der Waals surface area contributed by atoms with Crippen molar-refractivity contribution in [3.05, 3.63) is 29.7 Å². The summed E-state index contributed by atoms with van der Waals surface area (Å²) in [5.41, 5.74) is 2.40.